The number of aliphatic hydroxyl groups is 1. The zero-order valence-corrected chi connectivity index (χ0v) is 11.3. The Kier molecular flexibility index (Phi) is 9.55. The summed E-state index contributed by atoms with van der Waals surface area (Å²) in [6.07, 6.45) is 5.93. The van der Waals surface area contributed by atoms with E-state index in [1.807, 2.05) is 26.0 Å². The second-order valence-electron chi connectivity index (χ2n) is 4.53. The molecule has 0 fully saturated rings. The first-order valence-electron chi connectivity index (χ1n) is 6.50. The van der Waals surface area contributed by atoms with E-state index in [1.54, 1.807) is 12.1 Å². The molecule has 0 aliphatic rings. The highest BCUT2D eigenvalue weighted by Gasteiger charge is 1.93. The molecule has 2 N–H and O–H groups in total. The monoisotopic (exact) mass is 238 g/mol. The third-order valence-corrected chi connectivity index (χ3v) is 2.51. The lowest BCUT2D eigenvalue weighted by atomic mass is 10.1. The second kappa shape index (κ2) is 10.2. The van der Waals surface area contributed by atoms with Crippen LogP contribution >= 0.6 is 0 Å². The van der Waals surface area contributed by atoms with E-state index in [9.17, 15) is 0 Å². The molecule has 0 aliphatic heterocycles. The standard InChI is InChI=1S/C8H18O.C7H8O/c1-3-4-5-6-7-8(2)9;1-6-2-4-7(8)5-3-6/h8-9H,3-7H2,1-2H3;2-5,8H,1H3/t8-;/m0./s1. The second-order valence-corrected chi connectivity index (χ2v) is 4.53. The number of hydrogen-bond donors (Lipinski definition) is 2. The van der Waals surface area contributed by atoms with Crippen LogP contribution in [0.2, 0.25) is 0 Å². The van der Waals surface area contributed by atoms with Crippen LogP contribution in [0.1, 0.15) is 51.5 Å². The molecule has 1 rings (SSSR count). The summed E-state index contributed by atoms with van der Waals surface area (Å²) in [5.74, 6) is 0.329. The third kappa shape index (κ3) is 11.2. The van der Waals surface area contributed by atoms with Crippen LogP contribution in [-0.2, 0) is 0 Å². The highest BCUT2D eigenvalue weighted by Crippen LogP contribution is 2.07. The summed E-state index contributed by atoms with van der Waals surface area (Å²) in [6, 6.07) is 7.09. The van der Waals surface area contributed by atoms with E-state index in [-0.39, 0.29) is 6.10 Å². The number of aromatic hydroxyl groups is 1. The van der Waals surface area contributed by atoms with Crippen molar-refractivity contribution >= 4 is 0 Å². The van der Waals surface area contributed by atoms with Crippen LogP contribution < -0.4 is 0 Å². The van der Waals surface area contributed by atoms with Gasteiger partial charge in [-0.2, -0.15) is 0 Å². The van der Waals surface area contributed by atoms with E-state index >= 15 is 0 Å². The van der Waals surface area contributed by atoms with Crippen molar-refractivity contribution in [2.75, 3.05) is 0 Å². The van der Waals surface area contributed by atoms with Gasteiger partial charge in [-0.15, -0.1) is 0 Å². The van der Waals surface area contributed by atoms with E-state index in [1.165, 1.54) is 31.2 Å². The van der Waals surface area contributed by atoms with Crippen molar-refractivity contribution in [2.45, 2.75) is 59.0 Å². The molecular weight excluding hydrogens is 212 g/mol. The summed E-state index contributed by atoms with van der Waals surface area (Å²) in [4.78, 5) is 0. The molecule has 98 valence electrons. The summed E-state index contributed by atoms with van der Waals surface area (Å²) in [5.41, 5.74) is 1.17. The van der Waals surface area contributed by atoms with Crippen LogP contribution in [0.3, 0.4) is 0 Å². The van der Waals surface area contributed by atoms with E-state index in [0.29, 0.717) is 5.75 Å². The van der Waals surface area contributed by atoms with Crippen molar-refractivity contribution in [1.82, 2.24) is 0 Å². The van der Waals surface area contributed by atoms with E-state index in [0.717, 1.165) is 6.42 Å². The topological polar surface area (TPSA) is 40.5 Å². The maximum absolute atomic E-state index is 8.85. The third-order valence-electron chi connectivity index (χ3n) is 2.51. The first-order valence-corrected chi connectivity index (χ1v) is 6.50. The molecular formula is C15H26O2. The fourth-order valence-electron chi connectivity index (χ4n) is 1.41. The van der Waals surface area contributed by atoms with Crippen LogP contribution in [0.4, 0.5) is 0 Å². The van der Waals surface area contributed by atoms with Gasteiger partial charge in [0, 0.05) is 0 Å². The molecule has 1 atom stereocenters. The molecule has 2 heteroatoms. The quantitative estimate of drug-likeness (QED) is 0.760. The lowest BCUT2D eigenvalue weighted by Crippen LogP contribution is -1.97. The largest absolute Gasteiger partial charge is 0.508 e. The SMILES string of the molecule is CCCCCC[C@H](C)O.Cc1ccc(O)cc1. The first kappa shape index (κ1) is 16.0. The molecule has 0 aromatic heterocycles. The molecule has 0 spiro atoms. The first-order chi connectivity index (χ1) is 8.06. The van der Waals surface area contributed by atoms with Gasteiger partial charge < -0.3 is 10.2 Å². The van der Waals surface area contributed by atoms with E-state index < -0.39 is 0 Å². The maximum atomic E-state index is 8.85. The van der Waals surface area contributed by atoms with Crippen molar-refractivity contribution in [1.29, 1.82) is 0 Å². The summed E-state index contributed by atoms with van der Waals surface area (Å²) in [5, 5.41) is 17.6. The van der Waals surface area contributed by atoms with Crippen molar-refractivity contribution in [3.63, 3.8) is 0 Å². The number of rotatable bonds is 5. The molecule has 17 heavy (non-hydrogen) atoms. The normalized spacial score (nSPS) is 11.5. The Bertz CT molecular complexity index is 244. The smallest absolute Gasteiger partial charge is 0.115 e. The minimum Gasteiger partial charge on any atom is -0.508 e. The number of unbranched alkanes of at least 4 members (excludes halogenated alkanes) is 3. The lowest BCUT2D eigenvalue weighted by molar-refractivity contribution is 0.180. The molecule has 0 saturated heterocycles. The average Bonchev–Trinajstić information content (AvgIpc) is 2.29. The molecule has 0 radical (unpaired) electrons. The van der Waals surface area contributed by atoms with E-state index in [4.69, 9.17) is 10.2 Å². The van der Waals surface area contributed by atoms with Crippen LogP contribution in [0, 0.1) is 6.92 Å². The van der Waals surface area contributed by atoms with Crippen molar-refractivity contribution in [3.8, 4) is 5.75 Å². The zero-order valence-electron chi connectivity index (χ0n) is 11.3. The van der Waals surface area contributed by atoms with Gasteiger partial charge in [-0.3, -0.25) is 0 Å². The molecule has 0 aliphatic carbocycles. The Balaban J connectivity index is 0.000000302. The van der Waals surface area contributed by atoms with Gasteiger partial charge in [0.25, 0.3) is 0 Å². The number of hydrogen-bond acceptors (Lipinski definition) is 2. The fraction of sp³-hybridized carbons (Fsp3) is 0.600. The van der Waals surface area contributed by atoms with Crippen LogP contribution in [0.15, 0.2) is 24.3 Å². The van der Waals surface area contributed by atoms with Gasteiger partial charge in [-0.25, -0.2) is 0 Å². The maximum Gasteiger partial charge on any atom is 0.115 e. The Morgan fingerprint density at radius 1 is 1.06 bits per heavy atom. The lowest BCUT2D eigenvalue weighted by Gasteiger charge is -2.01. The highest BCUT2D eigenvalue weighted by atomic mass is 16.3. The molecule has 1 aromatic carbocycles. The predicted octanol–water partition coefficient (Wildman–Crippen LogP) is 4.04. The minimum absolute atomic E-state index is 0.0955. The van der Waals surface area contributed by atoms with Gasteiger partial charge in [-0.05, 0) is 32.4 Å². The number of aliphatic hydroxyl groups excluding tert-OH is 1. The van der Waals surface area contributed by atoms with Crippen LogP contribution in [-0.4, -0.2) is 16.3 Å². The minimum atomic E-state index is -0.0955. The molecule has 0 heterocycles. The Morgan fingerprint density at radius 2 is 1.65 bits per heavy atom. The Hall–Kier alpha value is -1.02. The molecule has 1 aromatic rings. The predicted molar refractivity (Wildman–Crippen MR) is 73.3 cm³/mol. The number of phenolic OH excluding ortho intramolecular Hbond substituents is 1. The fourth-order valence-corrected chi connectivity index (χ4v) is 1.41. The van der Waals surface area contributed by atoms with Crippen molar-refractivity contribution in [3.05, 3.63) is 29.8 Å². The van der Waals surface area contributed by atoms with Gasteiger partial charge in [0.15, 0.2) is 0 Å². The van der Waals surface area contributed by atoms with Crippen molar-refractivity contribution in [2.24, 2.45) is 0 Å². The molecule has 0 amide bonds. The average molecular weight is 238 g/mol. The molecule has 0 saturated carbocycles. The van der Waals surface area contributed by atoms with Crippen LogP contribution in [0.5, 0.6) is 5.75 Å². The van der Waals surface area contributed by atoms with Gasteiger partial charge in [0.2, 0.25) is 0 Å². The van der Waals surface area contributed by atoms with Crippen LogP contribution in [0.25, 0.3) is 0 Å². The molecule has 0 bridgehead atoms. The summed E-state index contributed by atoms with van der Waals surface area (Å²) in [7, 11) is 0. The van der Waals surface area contributed by atoms with Crippen molar-refractivity contribution < 1.29 is 10.2 Å². The Morgan fingerprint density at radius 3 is 2.06 bits per heavy atom. The molecule has 0 unspecified atom stereocenters. The van der Waals surface area contributed by atoms with Gasteiger partial charge in [0.05, 0.1) is 6.10 Å². The zero-order chi connectivity index (χ0) is 13.1. The Labute approximate surface area is 105 Å². The van der Waals surface area contributed by atoms with Gasteiger partial charge >= 0.3 is 0 Å². The highest BCUT2D eigenvalue weighted by molar-refractivity contribution is 5.24. The van der Waals surface area contributed by atoms with E-state index in [2.05, 4.69) is 6.92 Å². The van der Waals surface area contributed by atoms with Gasteiger partial charge in [0.1, 0.15) is 5.75 Å². The number of aryl methyl sites for hydroxylation is 1. The van der Waals surface area contributed by atoms with Gasteiger partial charge in [-0.1, -0.05) is 50.3 Å². The summed E-state index contributed by atoms with van der Waals surface area (Å²) >= 11 is 0. The molecule has 2 nitrogen and oxygen atoms in total. The summed E-state index contributed by atoms with van der Waals surface area (Å²) in [6.45, 7) is 6.04. The summed E-state index contributed by atoms with van der Waals surface area (Å²) < 4.78 is 0. The number of phenols is 1. The number of benzene rings is 1.